The highest BCUT2D eigenvalue weighted by Gasteiger charge is 2.15. The molecule has 0 spiro atoms. The molecule has 0 amide bonds. The SMILES string of the molecule is COCCC(C)n1nnnc1-c1cc(N)cc(Br)c1. The van der Waals surface area contributed by atoms with Crippen LogP contribution in [0.15, 0.2) is 22.7 Å². The van der Waals surface area contributed by atoms with Crippen molar-refractivity contribution in [3.63, 3.8) is 0 Å². The van der Waals surface area contributed by atoms with Crippen molar-refractivity contribution in [2.24, 2.45) is 0 Å². The Morgan fingerprint density at radius 2 is 2.21 bits per heavy atom. The summed E-state index contributed by atoms with van der Waals surface area (Å²) in [4.78, 5) is 0. The standard InChI is InChI=1S/C12H16BrN5O/c1-8(3-4-19-2)18-12(15-16-17-18)9-5-10(13)7-11(14)6-9/h5-8H,3-4,14H2,1-2H3. The lowest BCUT2D eigenvalue weighted by atomic mass is 10.1. The van der Waals surface area contributed by atoms with Crippen LogP contribution in [0.5, 0.6) is 0 Å². The number of nitrogens with zero attached hydrogens (tertiary/aromatic N) is 4. The summed E-state index contributed by atoms with van der Waals surface area (Å²) in [6.45, 7) is 2.72. The van der Waals surface area contributed by atoms with Crippen LogP contribution in [0.3, 0.4) is 0 Å². The summed E-state index contributed by atoms with van der Waals surface area (Å²) in [5.41, 5.74) is 7.40. The lowest BCUT2D eigenvalue weighted by molar-refractivity contribution is 0.178. The van der Waals surface area contributed by atoms with Gasteiger partial charge in [-0.05, 0) is 42.0 Å². The molecule has 6 nitrogen and oxygen atoms in total. The predicted molar refractivity (Wildman–Crippen MR) is 76.6 cm³/mol. The Kier molecular flexibility index (Phi) is 4.49. The number of ether oxygens (including phenoxy) is 1. The van der Waals surface area contributed by atoms with Gasteiger partial charge in [0.2, 0.25) is 0 Å². The molecule has 1 atom stereocenters. The summed E-state index contributed by atoms with van der Waals surface area (Å²) in [6, 6.07) is 5.80. The van der Waals surface area contributed by atoms with Crippen LogP contribution >= 0.6 is 15.9 Å². The van der Waals surface area contributed by atoms with Crippen molar-refractivity contribution in [3.8, 4) is 11.4 Å². The third kappa shape index (κ3) is 3.30. The molecule has 2 rings (SSSR count). The number of tetrazole rings is 1. The largest absolute Gasteiger partial charge is 0.399 e. The van der Waals surface area contributed by atoms with E-state index in [-0.39, 0.29) is 6.04 Å². The van der Waals surface area contributed by atoms with Crippen LogP contribution in [-0.4, -0.2) is 33.9 Å². The average Bonchev–Trinajstić information content (AvgIpc) is 2.84. The van der Waals surface area contributed by atoms with Crippen LogP contribution in [-0.2, 0) is 4.74 Å². The van der Waals surface area contributed by atoms with Gasteiger partial charge >= 0.3 is 0 Å². The molecular formula is C12H16BrN5O. The van der Waals surface area contributed by atoms with Gasteiger partial charge in [0.1, 0.15) is 0 Å². The Hall–Kier alpha value is -1.47. The summed E-state index contributed by atoms with van der Waals surface area (Å²) in [7, 11) is 1.68. The van der Waals surface area contributed by atoms with E-state index in [2.05, 4.69) is 38.4 Å². The van der Waals surface area contributed by atoms with E-state index in [1.807, 2.05) is 18.2 Å². The van der Waals surface area contributed by atoms with E-state index in [1.54, 1.807) is 11.8 Å². The lowest BCUT2D eigenvalue weighted by Gasteiger charge is -2.13. The van der Waals surface area contributed by atoms with Crippen molar-refractivity contribution < 1.29 is 4.74 Å². The Morgan fingerprint density at radius 3 is 2.89 bits per heavy atom. The second-order valence-electron chi connectivity index (χ2n) is 4.35. The van der Waals surface area contributed by atoms with Crippen LogP contribution in [0, 0.1) is 0 Å². The van der Waals surface area contributed by atoms with Gasteiger partial charge in [0.05, 0.1) is 6.04 Å². The van der Waals surface area contributed by atoms with Gasteiger partial charge in [0, 0.05) is 29.4 Å². The molecule has 0 bridgehead atoms. The maximum atomic E-state index is 5.84. The number of anilines is 1. The first kappa shape index (κ1) is 14.0. The number of nitrogens with two attached hydrogens (primary N) is 1. The molecule has 1 aromatic carbocycles. The van der Waals surface area contributed by atoms with Crippen molar-refractivity contribution in [3.05, 3.63) is 22.7 Å². The van der Waals surface area contributed by atoms with E-state index in [1.165, 1.54) is 0 Å². The third-order valence-electron chi connectivity index (χ3n) is 2.83. The first-order chi connectivity index (χ1) is 9.11. The van der Waals surface area contributed by atoms with Gasteiger partial charge in [0.15, 0.2) is 5.82 Å². The fraction of sp³-hybridized carbons (Fsp3) is 0.417. The number of hydrogen-bond acceptors (Lipinski definition) is 5. The Morgan fingerprint density at radius 1 is 1.42 bits per heavy atom. The quantitative estimate of drug-likeness (QED) is 0.853. The molecule has 1 unspecified atom stereocenters. The van der Waals surface area contributed by atoms with Gasteiger partial charge < -0.3 is 10.5 Å². The average molecular weight is 326 g/mol. The van der Waals surface area contributed by atoms with Gasteiger partial charge in [-0.25, -0.2) is 4.68 Å². The maximum Gasteiger partial charge on any atom is 0.182 e. The zero-order chi connectivity index (χ0) is 13.8. The molecule has 0 saturated heterocycles. The van der Waals surface area contributed by atoms with Gasteiger partial charge in [0.25, 0.3) is 0 Å². The first-order valence-corrected chi connectivity index (χ1v) is 6.74. The smallest absolute Gasteiger partial charge is 0.182 e. The molecule has 0 radical (unpaired) electrons. The van der Waals surface area contributed by atoms with Crippen molar-refractivity contribution in [2.75, 3.05) is 19.5 Å². The van der Waals surface area contributed by atoms with Gasteiger partial charge in [-0.2, -0.15) is 0 Å². The minimum Gasteiger partial charge on any atom is -0.399 e. The van der Waals surface area contributed by atoms with Crippen LogP contribution in [0.25, 0.3) is 11.4 Å². The number of aromatic nitrogens is 4. The minimum atomic E-state index is 0.158. The number of halogens is 1. The molecular weight excluding hydrogens is 310 g/mol. The molecule has 1 heterocycles. The van der Waals surface area contributed by atoms with Crippen LogP contribution in [0.1, 0.15) is 19.4 Å². The monoisotopic (exact) mass is 325 g/mol. The molecule has 1 aromatic heterocycles. The number of nitrogen functional groups attached to an aromatic ring is 1. The van der Waals surface area contributed by atoms with Crippen LogP contribution < -0.4 is 5.73 Å². The molecule has 19 heavy (non-hydrogen) atoms. The number of hydrogen-bond donors (Lipinski definition) is 1. The highest BCUT2D eigenvalue weighted by molar-refractivity contribution is 9.10. The van der Waals surface area contributed by atoms with Gasteiger partial charge in [-0.1, -0.05) is 15.9 Å². The summed E-state index contributed by atoms with van der Waals surface area (Å²) >= 11 is 3.42. The molecule has 7 heteroatoms. The Balaban J connectivity index is 2.32. The number of rotatable bonds is 5. The molecule has 2 N–H and O–H groups in total. The molecule has 0 aliphatic rings. The third-order valence-corrected chi connectivity index (χ3v) is 3.29. The summed E-state index contributed by atoms with van der Waals surface area (Å²) < 4.78 is 7.78. The number of benzene rings is 1. The lowest BCUT2D eigenvalue weighted by Crippen LogP contribution is -2.11. The molecule has 0 saturated carbocycles. The molecule has 0 aliphatic heterocycles. The van der Waals surface area contributed by atoms with Gasteiger partial charge in [-0.3, -0.25) is 0 Å². The first-order valence-electron chi connectivity index (χ1n) is 5.95. The van der Waals surface area contributed by atoms with Gasteiger partial charge in [-0.15, -0.1) is 5.10 Å². The second kappa shape index (κ2) is 6.12. The predicted octanol–water partition coefficient (Wildman–Crippen LogP) is 2.28. The van der Waals surface area contributed by atoms with E-state index in [0.717, 1.165) is 16.5 Å². The fourth-order valence-electron chi connectivity index (χ4n) is 1.83. The van der Waals surface area contributed by atoms with E-state index in [0.29, 0.717) is 18.1 Å². The topological polar surface area (TPSA) is 78.8 Å². The van der Waals surface area contributed by atoms with Crippen molar-refractivity contribution in [1.29, 1.82) is 0 Å². The fourth-order valence-corrected chi connectivity index (χ4v) is 2.34. The Bertz CT molecular complexity index is 537. The van der Waals surface area contributed by atoms with Crippen LogP contribution in [0.4, 0.5) is 5.69 Å². The summed E-state index contributed by atoms with van der Waals surface area (Å²) in [5.74, 6) is 0.705. The van der Waals surface area contributed by atoms with E-state index < -0.39 is 0 Å². The van der Waals surface area contributed by atoms with Crippen molar-refractivity contribution >= 4 is 21.6 Å². The highest BCUT2D eigenvalue weighted by Crippen LogP contribution is 2.26. The zero-order valence-corrected chi connectivity index (χ0v) is 12.5. The van der Waals surface area contributed by atoms with Crippen molar-refractivity contribution in [2.45, 2.75) is 19.4 Å². The normalized spacial score (nSPS) is 12.6. The van der Waals surface area contributed by atoms with Crippen LogP contribution in [0.2, 0.25) is 0 Å². The number of methoxy groups -OCH3 is 1. The van der Waals surface area contributed by atoms with E-state index in [4.69, 9.17) is 10.5 Å². The maximum absolute atomic E-state index is 5.84. The Labute approximate surface area is 120 Å². The molecule has 0 aliphatic carbocycles. The zero-order valence-electron chi connectivity index (χ0n) is 10.9. The van der Waals surface area contributed by atoms with Crippen molar-refractivity contribution in [1.82, 2.24) is 20.2 Å². The highest BCUT2D eigenvalue weighted by atomic mass is 79.9. The molecule has 0 fully saturated rings. The molecule has 2 aromatic rings. The second-order valence-corrected chi connectivity index (χ2v) is 5.27. The summed E-state index contributed by atoms with van der Waals surface area (Å²) in [6.07, 6.45) is 0.845. The summed E-state index contributed by atoms with van der Waals surface area (Å²) in [5, 5.41) is 11.9. The molecule has 102 valence electrons. The van der Waals surface area contributed by atoms with E-state index in [9.17, 15) is 0 Å². The minimum absolute atomic E-state index is 0.158. The van der Waals surface area contributed by atoms with E-state index >= 15 is 0 Å².